The van der Waals surface area contributed by atoms with Gasteiger partial charge in [-0.2, -0.15) is 0 Å². The second-order valence-electron chi connectivity index (χ2n) is 5.35. The highest BCUT2D eigenvalue weighted by atomic mass is 16.6. The fourth-order valence-corrected chi connectivity index (χ4v) is 2.35. The molecular weight excluding hydrogens is 284 g/mol. The summed E-state index contributed by atoms with van der Waals surface area (Å²) in [5.74, 6) is -0.362. The van der Waals surface area contributed by atoms with Gasteiger partial charge in [0.05, 0.1) is 6.54 Å². The number of ether oxygens (including phenoxy) is 1. The number of carbonyl (C=O) groups excluding carboxylic acids is 2. The van der Waals surface area contributed by atoms with Crippen molar-refractivity contribution in [2.45, 2.75) is 45.3 Å². The van der Waals surface area contributed by atoms with E-state index in [1.54, 1.807) is 0 Å². The van der Waals surface area contributed by atoms with Gasteiger partial charge in [-0.3, -0.25) is 9.59 Å². The van der Waals surface area contributed by atoms with Crippen LogP contribution in [-0.2, 0) is 20.7 Å². The summed E-state index contributed by atoms with van der Waals surface area (Å²) in [7, 11) is 0. The highest BCUT2D eigenvalue weighted by molar-refractivity contribution is 5.92. The number of carbonyl (C=O) groups is 2. The predicted octanol–water partition coefficient (Wildman–Crippen LogP) is 2.03. The van der Waals surface area contributed by atoms with Crippen LogP contribution in [0.3, 0.4) is 0 Å². The molecule has 1 aromatic carbocycles. The molecule has 0 radical (unpaired) electrons. The molecule has 1 amide bonds. The number of fused-ring (bicyclic) bond motifs is 1. The van der Waals surface area contributed by atoms with Crippen molar-refractivity contribution in [1.82, 2.24) is 0 Å². The Balaban J connectivity index is 1.90. The minimum Gasteiger partial charge on any atom is -0.434 e. The van der Waals surface area contributed by atoms with Crippen molar-refractivity contribution in [3.63, 3.8) is 0 Å². The van der Waals surface area contributed by atoms with Gasteiger partial charge >= 0.3 is 5.97 Å². The first-order valence-corrected chi connectivity index (χ1v) is 7.62. The zero-order valence-electron chi connectivity index (χ0n) is 12.7. The van der Waals surface area contributed by atoms with Crippen LogP contribution in [0.2, 0.25) is 0 Å². The molecule has 0 fully saturated rings. The van der Waals surface area contributed by atoms with Gasteiger partial charge in [0.25, 0.3) is 0 Å². The minimum atomic E-state index is -1.17. The quantitative estimate of drug-likeness (QED) is 0.553. The first-order valence-electron chi connectivity index (χ1n) is 7.62. The monoisotopic (exact) mass is 306 g/mol. The van der Waals surface area contributed by atoms with Crippen LogP contribution in [0.1, 0.15) is 38.2 Å². The molecule has 1 aliphatic heterocycles. The van der Waals surface area contributed by atoms with Gasteiger partial charge in [-0.05, 0) is 43.0 Å². The maximum atomic E-state index is 11.5. The first-order chi connectivity index (χ1) is 10.6. The van der Waals surface area contributed by atoms with Gasteiger partial charge in [-0.25, -0.2) is 0 Å². The van der Waals surface area contributed by atoms with Crippen LogP contribution in [0, 0.1) is 0 Å². The van der Waals surface area contributed by atoms with Crippen molar-refractivity contribution >= 4 is 23.3 Å². The summed E-state index contributed by atoms with van der Waals surface area (Å²) >= 11 is 0. The van der Waals surface area contributed by atoms with E-state index in [1.165, 1.54) is 0 Å². The van der Waals surface area contributed by atoms with E-state index in [1.807, 2.05) is 25.1 Å². The number of aryl methyl sites for hydroxylation is 1. The van der Waals surface area contributed by atoms with E-state index < -0.39 is 12.3 Å². The van der Waals surface area contributed by atoms with E-state index in [2.05, 4.69) is 10.6 Å². The summed E-state index contributed by atoms with van der Waals surface area (Å²) < 4.78 is 4.86. The molecule has 22 heavy (non-hydrogen) atoms. The van der Waals surface area contributed by atoms with Crippen LogP contribution >= 0.6 is 0 Å². The molecule has 0 bridgehead atoms. The fourth-order valence-electron chi connectivity index (χ4n) is 2.35. The number of hydrogen-bond acceptors (Lipinski definition) is 5. The standard InChI is InChI=1S/C16H22N2O4/c1-2-4-15(20)22-16(21)10-17-12-7-8-13-11(9-12)5-3-6-14(19)18-13/h7-9,16-17,21H,2-6,10H2,1H3,(H,18,19). The Kier molecular flexibility index (Phi) is 5.77. The molecule has 120 valence electrons. The number of benzene rings is 1. The molecule has 3 N–H and O–H groups in total. The number of esters is 1. The molecule has 0 saturated carbocycles. The van der Waals surface area contributed by atoms with Crippen molar-refractivity contribution in [1.29, 1.82) is 0 Å². The largest absolute Gasteiger partial charge is 0.434 e. The topological polar surface area (TPSA) is 87.7 Å². The number of nitrogens with one attached hydrogen (secondary N) is 2. The lowest BCUT2D eigenvalue weighted by atomic mass is 10.1. The second-order valence-corrected chi connectivity index (χ2v) is 5.35. The van der Waals surface area contributed by atoms with Gasteiger partial charge < -0.3 is 20.5 Å². The van der Waals surface area contributed by atoms with Crippen LogP contribution < -0.4 is 10.6 Å². The van der Waals surface area contributed by atoms with Crippen molar-refractivity contribution < 1.29 is 19.4 Å². The number of rotatable bonds is 6. The van der Waals surface area contributed by atoms with E-state index in [4.69, 9.17) is 4.74 Å². The Morgan fingerprint density at radius 3 is 3.05 bits per heavy atom. The van der Waals surface area contributed by atoms with Crippen molar-refractivity contribution in [2.24, 2.45) is 0 Å². The Morgan fingerprint density at radius 2 is 2.27 bits per heavy atom. The Morgan fingerprint density at radius 1 is 1.45 bits per heavy atom. The predicted molar refractivity (Wildman–Crippen MR) is 83.5 cm³/mol. The Labute approximate surface area is 129 Å². The fraction of sp³-hybridized carbons (Fsp3) is 0.500. The van der Waals surface area contributed by atoms with Gasteiger partial charge in [-0.1, -0.05) is 6.92 Å². The minimum absolute atomic E-state index is 0.0396. The van der Waals surface area contributed by atoms with Crippen LogP contribution in [0.15, 0.2) is 18.2 Å². The van der Waals surface area contributed by atoms with E-state index >= 15 is 0 Å². The molecule has 1 aliphatic rings. The van der Waals surface area contributed by atoms with E-state index in [0.29, 0.717) is 19.3 Å². The molecule has 2 rings (SSSR count). The van der Waals surface area contributed by atoms with Gasteiger partial charge in [0.1, 0.15) is 0 Å². The van der Waals surface area contributed by atoms with Gasteiger partial charge in [0, 0.05) is 24.2 Å². The molecule has 0 saturated heterocycles. The van der Waals surface area contributed by atoms with Crippen LogP contribution in [0.25, 0.3) is 0 Å². The average molecular weight is 306 g/mol. The summed E-state index contributed by atoms with van der Waals surface area (Å²) in [6.07, 6.45) is 2.00. The summed E-state index contributed by atoms with van der Waals surface area (Å²) in [6.45, 7) is 2.00. The summed E-state index contributed by atoms with van der Waals surface area (Å²) in [5.41, 5.74) is 2.72. The van der Waals surface area contributed by atoms with Gasteiger partial charge in [0.15, 0.2) is 0 Å². The van der Waals surface area contributed by atoms with E-state index in [9.17, 15) is 14.7 Å². The van der Waals surface area contributed by atoms with Gasteiger partial charge in [0.2, 0.25) is 12.2 Å². The summed E-state index contributed by atoms with van der Waals surface area (Å²) in [6, 6.07) is 5.61. The highest BCUT2D eigenvalue weighted by Crippen LogP contribution is 2.25. The van der Waals surface area contributed by atoms with Gasteiger partial charge in [-0.15, -0.1) is 0 Å². The Bertz CT molecular complexity index is 545. The molecule has 6 heteroatoms. The molecule has 1 atom stereocenters. The van der Waals surface area contributed by atoms with Crippen molar-refractivity contribution in [3.05, 3.63) is 23.8 Å². The number of aliphatic hydroxyl groups excluding tert-OH is 1. The third-order valence-electron chi connectivity index (χ3n) is 3.43. The Hall–Kier alpha value is -2.08. The molecule has 0 aromatic heterocycles. The lowest BCUT2D eigenvalue weighted by Crippen LogP contribution is -2.25. The molecule has 1 aromatic rings. The second kappa shape index (κ2) is 7.79. The maximum absolute atomic E-state index is 11.5. The number of anilines is 2. The third-order valence-corrected chi connectivity index (χ3v) is 3.43. The highest BCUT2D eigenvalue weighted by Gasteiger charge is 2.14. The third kappa shape index (κ3) is 4.73. The van der Waals surface area contributed by atoms with E-state index in [-0.39, 0.29) is 12.5 Å². The smallest absolute Gasteiger partial charge is 0.308 e. The number of hydrogen-bond donors (Lipinski definition) is 3. The van der Waals surface area contributed by atoms with Crippen molar-refractivity contribution in [3.8, 4) is 0 Å². The molecule has 1 unspecified atom stereocenters. The number of amides is 1. The molecule has 0 aliphatic carbocycles. The summed E-state index contributed by atoms with van der Waals surface area (Å²) in [5, 5.41) is 15.6. The summed E-state index contributed by atoms with van der Waals surface area (Å²) in [4.78, 5) is 22.8. The van der Waals surface area contributed by atoms with Crippen LogP contribution in [-0.4, -0.2) is 29.8 Å². The maximum Gasteiger partial charge on any atom is 0.308 e. The number of aliphatic hydroxyl groups is 1. The first kappa shape index (κ1) is 16.3. The lowest BCUT2D eigenvalue weighted by Gasteiger charge is -2.15. The van der Waals surface area contributed by atoms with Crippen LogP contribution in [0.5, 0.6) is 0 Å². The van der Waals surface area contributed by atoms with E-state index in [0.717, 1.165) is 29.8 Å². The average Bonchev–Trinajstić information content (AvgIpc) is 2.65. The van der Waals surface area contributed by atoms with Crippen LogP contribution in [0.4, 0.5) is 11.4 Å². The zero-order chi connectivity index (χ0) is 15.9. The molecule has 1 heterocycles. The molecular formula is C16H22N2O4. The van der Waals surface area contributed by atoms with Crippen molar-refractivity contribution in [2.75, 3.05) is 17.2 Å². The zero-order valence-corrected chi connectivity index (χ0v) is 12.7. The SMILES string of the molecule is CCCC(=O)OC(O)CNc1ccc2c(c1)CCCC(=O)N2. The normalized spacial score (nSPS) is 15.3. The lowest BCUT2D eigenvalue weighted by molar-refractivity contribution is -0.165. The molecule has 6 nitrogen and oxygen atoms in total. The molecule has 0 spiro atoms.